The third-order valence-electron chi connectivity index (χ3n) is 1.95. The number of carbonyl (C=O) groups excluding carboxylic acids is 1. The molecular weight excluding hydrogens is 250 g/mol. The number of aliphatic hydroxyl groups is 1. The second kappa shape index (κ2) is 6.21. The van der Waals surface area contributed by atoms with Gasteiger partial charge in [0.25, 0.3) is 5.56 Å². The van der Waals surface area contributed by atoms with Gasteiger partial charge in [0, 0.05) is 0 Å². The van der Waals surface area contributed by atoms with Crippen molar-refractivity contribution in [1.82, 2.24) is 9.78 Å². The van der Waals surface area contributed by atoms with Gasteiger partial charge in [0.2, 0.25) is 0 Å². The largest absolute Gasteiger partial charge is 0.468 e. The van der Waals surface area contributed by atoms with Gasteiger partial charge in [-0.15, -0.1) is 0 Å². The molecule has 1 aromatic heterocycles. The molecule has 7 nitrogen and oxygen atoms in total. The standard InChI is InChI=1S/C9H12ClN3O4/c1-17-7(15)5-11-6-4-12-13(2-3-14)9(16)8(6)10/h4,11,14H,2-3,5H2,1H3. The molecule has 0 aromatic carbocycles. The average Bonchev–Trinajstić information content (AvgIpc) is 2.34. The van der Waals surface area contributed by atoms with E-state index in [1.807, 2.05) is 0 Å². The zero-order chi connectivity index (χ0) is 12.8. The molecule has 0 atom stereocenters. The molecule has 0 saturated carbocycles. The summed E-state index contributed by atoms with van der Waals surface area (Å²) in [6.07, 6.45) is 1.31. The molecule has 0 aliphatic rings. The lowest BCUT2D eigenvalue weighted by Crippen LogP contribution is -2.26. The number of aliphatic hydroxyl groups excluding tert-OH is 1. The lowest BCUT2D eigenvalue weighted by molar-refractivity contribution is -0.138. The number of hydrogen-bond donors (Lipinski definition) is 2. The maximum atomic E-state index is 11.6. The maximum Gasteiger partial charge on any atom is 0.325 e. The predicted octanol–water partition coefficient (Wildman–Crippen LogP) is -0.526. The van der Waals surface area contributed by atoms with Crippen LogP contribution in [0, 0.1) is 0 Å². The second-order valence-electron chi connectivity index (χ2n) is 3.05. The van der Waals surface area contributed by atoms with Crippen LogP contribution in [0.1, 0.15) is 0 Å². The summed E-state index contributed by atoms with van der Waals surface area (Å²) in [6.45, 7) is -0.255. The molecule has 0 unspecified atom stereocenters. The summed E-state index contributed by atoms with van der Waals surface area (Å²) < 4.78 is 5.46. The zero-order valence-electron chi connectivity index (χ0n) is 9.14. The van der Waals surface area contributed by atoms with Crippen LogP contribution in [0.5, 0.6) is 0 Å². The third kappa shape index (κ3) is 3.43. The van der Waals surface area contributed by atoms with Crippen molar-refractivity contribution in [2.24, 2.45) is 0 Å². The molecule has 94 valence electrons. The summed E-state index contributed by atoms with van der Waals surface area (Å²) in [5.41, 5.74) is -0.285. The van der Waals surface area contributed by atoms with Crippen LogP contribution in [-0.2, 0) is 16.1 Å². The Bertz CT molecular complexity index is 460. The Balaban J connectivity index is 2.85. The third-order valence-corrected chi connectivity index (χ3v) is 2.31. The number of methoxy groups -OCH3 is 1. The van der Waals surface area contributed by atoms with Gasteiger partial charge in [-0.1, -0.05) is 11.6 Å². The molecule has 0 fully saturated rings. The highest BCUT2D eigenvalue weighted by atomic mass is 35.5. The number of nitrogens with zero attached hydrogens (tertiary/aromatic N) is 2. The molecule has 8 heteroatoms. The number of carbonyl (C=O) groups is 1. The first kappa shape index (κ1) is 13.5. The average molecular weight is 262 g/mol. The van der Waals surface area contributed by atoms with Gasteiger partial charge in [0.1, 0.15) is 11.6 Å². The van der Waals surface area contributed by atoms with E-state index in [0.29, 0.717) is 0 Å². The molecule has 0 bridgehead atoms. The zero-order valence-corrected chi connectivity index (χ0v) is 9.90. The van der Waals surface area contributed by atoms with Crippen LogP contribution in [0.25, 0.3) is 0 Å². The van der Waals surface area contributed by atoms with E-state index in [-0.39, 0.29) is 30.4 Å². The molecule has 1 aromatic rings. The van der Waals surface area contributed by atoms with Crippen LogP contribution in [0.4, 0.5) is 5.69 Å². The molecule has 0 amide bonds. The van der Waals surface area contributed by atoms with Gasteiger partial charge in [-0.05, 0) is 0 Å². The maximum absolute atomic E-state index is 11.6. The molecule has 1 rings (SSSR count). The van der Waals surface area contributed by atoms with Crippen LogP contribution in [0.15, 0.2) is 11.0 Å². The van der Waals surface area contributed by atoms with Crippen molar-refractivity contribution in [2.45, 2.75) is 6.54 Å². The predicted molar refractivity (Wildman–Crippen MR) is 61.1 cm³/mol. The number of aromatic nitrogens is 2. The fourth-order valence-electron chi connectivity index (χ4n) is 1.08. The smallest absolute Gasteiger partial charge is 0.325 e. The van der Waals surface area contributed by atoms with Gasteiger partial charge in [-0.2, -0.15) is 5.10 Å². The highest BCUT2D eigenvalue weighted by molar-refractivity contribution is 6.32. The van der Waals surface area contributed by atoms with E-state index in [1.54, 1.807) is 0 Å². The van der Waals surface area contributed by atoms with Crippen LogP contribution < -0.4 is 10.9 Å². The number of anilines is 1. The van der Waals surface area contributed by atoms with Gasteiger partial charge < -0.3 is 15.2 Å². The summed E-state index contributed by atoms with van der Waals surface area (Å²) in [5.74, 6) is -0.486. The molecule has 2 N–H and O–H groups in total. The van der Waals surface area contributed by atoms with E-state index in [4.69, 9.17) is 16.7 Å². The van der Waals surface area contributed by atoms with Crippen molar-refractivity contribution in [1.29, 1.82) is 0 Å². The highest BCUT2D eigenvalue weighted by Gasteiger charge is 2.10. The SMILES string of the molecule is COC(=O)CNc1cnn(CCO)c(=O)c1Cl. The quantitative estimate of drug-likeness (QED) is 0.693. The van der Waals surface area contributed by atoms with Crippen LogP contribution in [-0.4, -0.2) is 41.1 Å². The van der Waals surface area contributed by atoms with Gasteiger partial charge >= 0.3 is 5.97 Å². The van der Waals surface area contributed by atoms with Crippen molar-refractivity contribution in [2.75, 3.05) is 25.6 Å². The minimum Gasteiger partial charge on any atom is -0.468 e. The fraction of sp³-hybridized carbons (Fsp3) is 0.444. The number of ether oxygens (including phenoxy) is 1. The first-order valence-electron chi connectivity index (χ1n) is 4.77. The number of esters is 1. The molecule has 17 heavy (non-hydrogen) atoms. The van der Waals surface area contributed by atoms with Gasteiger partial charge in [0.05, 0.1) is 32.1 Å². The van der Waals surface area contributed by atoms with Crippen LogP contribution in [0.3, 0.4) is 0 Å². The fourth-order valence-corrected chi connectivity index (χ4v) is 1.30. The molecule has 0 radical (unpaired) electrons. The van der Waals surface area contributed by atoms with E-state index < -0.39 is 11.5 Å². The molecule has 0 saturated heterocycles. The van der Waals surface area contributed by atoms with Crippen molar-refractivity contribution in [3.8, 4) is 0 Å². The number of nitrogens with one attached hydrogen (secondary N) is 1. The lowest BCUT2D eigenvalue weighted by atomic mass is 10.4. The lowest BCUT2D eigenvalue weighted by Gasteiger charge is -2.08. The Hall–Kier alpha value is -1.60. The summed E-state index contributed by atoms with van der Waals surface area (Å²) in [5, 5.41) is 15.0. The summed E-state index contributed by atoms with van der Waals surface area (Å²) in [4.78, 5) is 22.5. The highest BCUT2D eigenvalue weighted by Crippen LogP contribution is 2.14. The monoisotopic (exact) mass is 261 g/mol. The van der Waals surface area contributed by atoms with Gasteiger partial charge in [-0.3, -0.25) is 9.59 Å². The van der Waals surface area contributed by atoms with E-state index >= 15 is 0 Å². The molecular formula is C9H12ClN3O4. The molecule has 0 spiro atoms. The van der Waals surface area contributed by atoms with Gasteiger partial charge in [-0.25, -0.2) is 4.68 Å². The van der Waals surface area contributed by atoms with E-state index in [1.165, 1.54) is 13.3 Å². The Labute approximate surface area is 102 Å². The Morgan fingerprint density at radius 1 is 1.71 bits per heavy atom. The van der Waals surface area contributed by atoms with Crippen molar-refractivity contribution in [3.63, 3.8) is 0 Å². The number of hydrogen-bond acceptors (Lipinski definition) is 6. The van der Waals surface area contributed by atoms with Crippen LogP contribution >= 0.6 is 11.6 Å². The molecule has 0 aliphatic carbocycles. The summed E-state index contributed by atoms with van der Waals surface area (Å²) >= 11 is 5.79. The van der Waals surface area contributed by atoms with E-state index in [2.05, 4.69) is 15.2 Å². The van der Waals surface area contributed by atoms with Gasteiger partial charge in [0.15, 0.2) is 0 Å². The first-order valence-corrected chi connectivity index (χ1v) is 5.15. The van der Waals surface area contributed by atoms with Crippen LogP contribution in [0.2, 0.25) is 5.02 Å². The first-order chi connectivity index (χ1) is 8.10. The van der Waals surface area contributed by atoms with Crippen molar-refractivity contribution in [3.05, 3.63) is 21.6 Å². The summed E-state index contributed by atoms with van der Waals surface area (Å²) in [6, 6.07) is 0. The Morgan fingerprint density at radius 3 is 3.00 bits per heavy atom. The van der Waals surface area contributed by atoms with E-state index in [9.17, 15) is 9.59 Å². The minimum absolute atomic E-state index is 0.0653. The van der Waals surface area contributed by atoms with Crippen molar-refractivity contribution < 1.29 is 14.6 Å². The normalized spacial score (nSPS) is 10.1. The number of halogens is 1. The minimum atomic E-state index is -0.532. The second-order valence-corrected chi connectivity index (χ2v) is 3.43. The topological polar surface area (TPSA) is 93.4 Å². The Morgan fingerprint density at radius 2 is 2.41 bits per heavy atom. The number of rotatable bonds is 5. The molecule has 0 aliphatic heterocycles. The summed E-state index contributed by atoms with van der Waals surface area (Å²) in [7, 11) is 1.25. The van der Waals surface area contributed by atoms with Crippen molar-refractivity contribution >= 4 is 23.3 Å². The Kier molecular flexibility index (Phi) is 4.92. The molecule has 1 heterocycles. The van der Waals surface area contributed by atoms with E-state index in [0.717, 1.165) is 4.68 Å².